The molecule has 14 heavy (non-hydrogen) atoms. The number of aromatic nitrogens is 4. The van der Waals surface area contributed by atoms with Gasteiger partial charge in [-0.25, -0.2) is 15.0 Å². The van der Waals surface area contributed by atoms with E-state index < -0.39 is 0 Å². The zero-order valence-corrected chi connectivity index (χ0v) is 8.49. The van der Waals surface area contributed by atoms with Crippen molar-refractivity contribution in [1.82, 2.24) is 19.5 Å². The van der Waals surface area contributed by atoms with Crippen LogP contribution in [0.25, 0.3) is 11.2 Å². The van der Waals surface area contributed by atoms with Crippen LogP contribution in [0, 0.1) is 0 Å². The molecule has 2 aromatic heterocycles. The largest absolute Gasteiger partial charge is 0.330 e. The van der Waals surface area contributed by atoms with Crippen molar-refractivity contribution in [2.45, 2.75) is 18.8 Å². The van der Waals surface area contributed by atoms with E-state index in [1.807, 2.05) is 11.6 Å². The van der Waals surface area contributed by atoms with Crippen LogP contribution in [0.4, 0.5) is 0 Å². The van der Waals surface area contributed by atoms with E-state index in [-0.39, 0.29) is 0 Å². The second-order valence-electron chi connectivity index (χ2n) is 3.67. The van der Waals surface area contributed by atoms with Gasteiger partial charge in [0.05, 0.1) is 6.33 Å². The van der Waals surface area contributed by atoms with E-state index in [2.05, 4.69) is 15.0 Å². The van der Waals surface area contributed by atoms with E-state index in [0.717, 1.165) is 11.3 Å². The Labute approximate surface area is 85.9 Å². The van der Waals surface area contributed by atoms with Crippen LogP contribution in [0.15, 0.2) is 6.33 Å². The zero-order chi connectivity index (χ0) is 9.71. The van der Waals surface area contributed by atoms with E-state index in [9.17, 15) is 0 Å². The molecule has 72 valence electrons. The first kappa shape index (κ1) is 8.17. The van der Waals surface area contributed by atoms with Crippen LogP contribution in [-0.4, -0.2) is 19.5 Å². The Bertz CT molecular complexity index is 501. The monoisotopic (exact) mass is 208 g/mol. The SMILES string of the molecule is Cn1cnc2nc(C3CC3)nc(Cl)c21. The Hall–Kier alpha value is -1.16. The fraction of sp³-hybridized carbons (Fsp3) is 0.444. The summed E-state index contributed by atoms with van der Waals surface area (Å²) in [6, 6.07) is 0. The molecule has 0 atom stereocenters. The van der Waals surface area contributed by atoms with Gasteiger partial charge in [0, 0.05) is 13.0 Å². The molecule has 1 aliphatic carbocycles. The van der Waals surface area contributed by atoms with Crippen LogP contribution in [-0.2, 0) is 7.05 Å². The second kappa shape index (κ2) is 2.67. The molecule has 2 heterocycles. The number of imidazole rings is 1. The minimum Gasteiger partial charge on any atom is -0.330 e. The van der Waals surface area contributed by atoms with E-state index in [1.54, 1.807) is 6.33 Å². The van der Waals surface area contributed by atoms with Crippen molar-refractivity contribution in [1.29, 1.82) is 0 Å². The van der Waals surface area contributed by atoms with Crippen molar-refractivity contribution < 1.29 is 0 Å². The van der Waals surface area contributed by atoms with Crippen LogP contribution < -0.4 is 0 Å². The molecule has 0 bridgehead atoms. The highest BCUT2D eigenvalue weighted by atomic mass is 35.5. The Morgan fingerprint density at radius 1 is 1.43 bits per heavy atom. The average molecular weight is 209 g/mol. The third-order valence-corrected chi connectivity index (χ3v) is 2.75. The molecule has 1 aliphatic rings. The third-order valence-electron chi connectivity index (χ3n) is 2.49. The lowest BCUT2D eigenvalue weighted by Gasteiger charge is -1.99. The number of rotatable bonds is 1. The summed E-state index contributed by atoms with van der Waals surface area (Å²) in [6.07, 6.45) is 4.06. The minimum absolute atomic E-state index is 0.511. The molecular weight excluding hydrogens is 200 g/mol. The molecule has 0 spiro atoms. The summed E-state index contributed by atoms with van der Waals surface area (Å²) in [4.78, 5) is 12.9. The first-order valence-electron chi connectivity index (χ1n) is 4.60. The lowest BCUT2D eigenvalue weighted by molar-refractivity contribution is 0.925. The van der Waals surface area contributed by atoms with E-state index in [0.29, 0.717) is 16.7 Å². The zero-order valence-electron chi connectivity index (χ0n) is 7.74. The smallest absolute Gasteiger partial charge is 0.182 e. The Balaban J connectivity index is 2.29. The highest BCUT2D eigenvalue weighted by molar-refractivity contribution is 6.33. The van der Waals surface area contributed by atoms with Crippen LogP contribution >= 0.6 is 11.6 Å². The maximum Gasteiger partial charge on any atom is 0.182 e. The van der Waals surface area contributed by atoms with Crippen molar-refractivity contribution in [2.75, 3.05) is 0 Å². The standard InChI is InChI=1S/C9H9ClN4/c1-14-4-11-9-6(14)7(10)12-8(13-9)5-2-3-5/h4-5H,2-3H2,1H3. The summed E-state index contributed by atoms with van der Waals surface area (Å²) in [5, 5.41) is 0.511. The van der Waals surface area contributed by atoms with Gasteiger partial charge in [0.2, 0.25) is 0 Å². The molecule has 2 aromatic rings. The highest BCUT2D eigenvalue weighted by Crippen LogP contribution is 2.39. The molecule has 4 nitrogen and oxygen atoms in total. The van der Waals surface area contributed by atoms with Crippen molar-refractivity contribution in [3.8, 4) is 0 Å². The van der Waals surface area contributed by atoms with Gasteiger partial charge >= 0.3 is 0 Å². The number of nitrogens with zero attached hydrogens (tertiary/aromatic N) is 4. The van der Waals surface area contributed by atoms with Crippen LogP contribution in [0.1, 0.15) is 24.6 Å². The fourth-order valence-electron chi connectivity index (χ4n) is 1.55. The normalized spacial score (nSPS) is 16.4. The molecule has 0 unspecified atom stereocenters. The number of halogens is 1. The van der Waals surface area contributed by atoms with Gasteiger partial charge in [0.25, 0.3) is 0 Å². The molecule has 0 saturated heterocycles. The molecule has 3 rings (SSSR count). The second-order valence-corrected chi connectivity index (χ2v) is 4.03. The van der Waals surface area contributed by atoms with Gasteiger partial charge in [-0.15, -0.1) is 0 Å². The predicted molar refractivity (Wildman–Crippen MR) is 53.3 cm³/mol. The summed E-state index contributed by atoms with van der Waals surface area (Å²) in [7, 11) is 1.89. The molecule has 0 N–H and O–H groups in total. The van der Waals surface area contributed by atoms with E-state index >= 15 is 0 Å². The molecule has 5 heteroatoms. The summed E-state index contributed by atoms with van der Waals surface area (Å²) < 4.78 is 1.84. The van der Waals surface area contributed by atoms with Gasteiger partial charge in [-0.2, -0.15) is 0 Å². The highest BCUT2D eigenvalue weighted by Gasteiger charge is 2.27. The number of hydrogen-bond acceptors (Lipinski definition) is 3. The van der Waals surface area contributed by atoms with Crippen molar-refractivity contribution in [3.05, 3.63) is 17.3 Å². The van der Waals surface area contributed by atoms with Crippen molar-refractivity contribution in [2.24, 2.45) is 7.05 Å². The first-order valence-corrected chi connectivity index (χ1v) is 4.98. The molecule has 0 aliphatic heterocycles. The molecular formula is C9H9ClN4. The Morgan fingerprint density at radius 3 is 2.93 bits per heavy atom. The molecule has 1 fully saturated rings. The van der Waals surface area contributed by atoms with Crippen LogP contribution in [0.3, 0.4) is 0 Å². The third kappa shape index (κ3) is 1.10. The maximum absolute atomic E-state index is 6.07. The Morgan fingerprint density at radius 2 is 2.21 bits per heavy atom. The van der Waals surface area contributed by atoms with Gasteiger partial charge in [0.1, 0.15) is 11.3 Å². The molecule has 1 saturated carbocycles. The minimum atomic E-state index is 0.511. The number of hydrogen-bond donors (Lipinski definition) is 0. The van der Waals surface area contributed by atoms with Gasteiger partial charge in [-0.05, 0) is 12.8 Å². The van der Waals surface area contributed by atoms with E-state index in [1.165, 1.54) is 12.8 Å². The lowest BCUT2D eigenvalue weighted by atomic mass is 10.4. The van der Waals surface area contributed by atoms with E-state index in [4.69, 9.17) is 11.6 Å². The number of aryl methyl sites for hydroxylation is 1. The average Bonchev–Trinajstić information content (AvgIpc) is 2.92. The summed E-state index contributed by atoms with van der Waals surface area (Å²) in [6.45, 7) is 0. The summed E-state index contributed by atoms with van der Waals surface area (Å²) >= 11 is 6.07. The Kier molecular flexibility index (Phi) is 1.56. The predicted octanol–water partition coefficient (Wildman–Crippen LogP) is 1.89. The fourth-order valence-corrected chi connectivity index (χ4v) is 1.85. The molecule has 0 radical (unpaired) electrons. The maximum atomic E-state index is 6.07. The van der Waals surface area contributed by atoms with Gasteiger partial charge < -0.3 is 4.57 Å². The first-order chi connectivity index (χ1) is 6.75. The van der Waals surface area contributed by atoms with Gasteiger partial charge in [-0.3, -0.25) is 0 Å². The number of fused-ring (bicyclic) bond motifs is 1. The topological polar surface area (TPSA) is 43.6 Å². The molecule has 0 aromatic carbocycles. The quantitative estimate of drug-likeness (QED) is 0.673. The van der Waals surface area contributed by atoms with Gasteiger partial charge in [0.15, 0.2) is 10.8 Å². The summed E-state index contributed by atoms with van der Waals surface area (Å²) in [5.74, 6) is 1.36. The molecule has 0 amide bonds. The summed E-state index contributed by atoms with van der Waals surface area (Å²) in [5.41, 5.74) is 1.52. The van der Waals surface area contributed by atoms with Crippen LogP contribution in [0.2, 0.25) is 5.15 Å². The van der Waals surface area contributed by atoms with Crippen molar-refractivity contribution >= 4 is 22.8 Å². The van der Waals surface area contributed by atoms with Crippen molar-refractivity contribution in [3.63, 3.8) is 0 Å². The van der Waals surface area contributed by atoms with Crippen LogP contribution in [0.5, 0.6) is 0 Å². The van der Waals surface area contributed by atoms with Gasteiger partial charge in [-0.1, -0.05) is 11.6 Å². The lowest BCUT2D eigenvalue weighted by Crippen LogP contribution is -1.95.